The van der Waals surface area contributed by atoms with Gasteiger partial charge in [-0.15, -0.1) is 0 Å². The van der Waals surface area contributed by atoms with Crippen LogP contribution in [-0.4, -0.2) is 40.7 Å². The number of nitrogens with one attached hydrogen (secondary N) is 2. The van der Waals surface area contributed by atoms with Gasteiger partial charge in [0, 0.05) is 0 Å². The first-order valence-corrected chi connectivity index (χ1v) is 9.01. The molecule has 1 aromatic heterocycles. The SMILES string of the molecule is O=C(Cn1c(=O)cnc2ccccc21)NC(=O)NCC1COc2ccccc2O1. The maximum absolute atomic E-state index is 12.2. The molecule has 0 fully saturated rings. The molecule has 1 aliphatic heterocycles. The molecule has 2 N–H and O–H groups in total. The van der Waals surface area contributed by atoms with Gasteiger partial charge in [0.25, 0.3) is 5.56 Å². The number of amides is 3. The maximum atomic E-state index is 12.2. The lowest BCUT2D eigenvalue weighted by atomic mass is 10.2. The summed E-state index contributed by atoms with van der Waals surface area (Å²) in [5.74, 6) is 0.636. The van der Waals surface area contributed by atoms with Gasteiger partial charge in [-0.2, -0.15) is 0 Å². The van der Waals surface area contributed by atoms with Crippen molar-refractivity contribution in [2.75, 3.05) is 13.2 Å². The number of fused-ring (bicyclic) bond motifs is 2. The number of rotatable bonds is 4. The molecular weight excluding hydrogens is 376 g/mol. The zero-order valence-electron chi connectivity index (χ0n) is 15.3. The minimum atomic E-state index is -0.677. The average molecular weight is 394 g/mol. The molecule has 9 nitrogen and oxygen atoms in total. The van der Waals surface area contributed by atoms with Crippen LogP contribution in [0.3, 0.4) is 0 Å². The monoisotopic (exact) mass is 394 g/mol. The summed E-state index contributed by atoms with van der Waals surface area (Å²) in [5.41, 5.74) is 0.673. The summed E-state index contributed by atoms with van der Waals surface area (Å²) < 4.78 is 12.6. The van der Waals surface area contributed by atoms with E-state index in [9.17, 15) is 14.4 Å². The van der Waals surface area contributed by atoms with Gasteiger partial charge in [0.15, 0.2) is 17.6 Å². The van der Waals surface area contributed by atoms with Gasteiger partial charge in [0.05, 0.1) is 23.8 Å². The van der Waals surface area contributed by atoms with Crippen LogP contribution in [0.25, 0.3) is 11.0 Å². The molecule has 3 aromatic rings. The van der Waals surface area contributed by atoms with Crippen molar-refractivity contribution < 1.29 is 19.1 Å². The number of nitrogens with zero attached hydrogens (tertiary/aromatic N) is 2. The van der Waals surface area contributed by atoms with E-state index in [2.05, 4.69) is 15.6 Å². The Morgan fingerprint density at radius 2 is 1.86 bits per heavy atom. The van der Waals surface area contributed by atoms with Crippen molar-refractivity contribution in [2.24, 2.45) is 0 Å². The molecule has 2 aromatic carbocycles. The average Bonchev–Trinajstić information content (AvgIpc) is 2.74. The number of urea groups is 1. The van der Waals surface area contributed by atoms with Gasteiger partial charge in [-0.05, 0) is 24.3 Å². The highest BCUT2D eigenvalue weighted by Gasteiger charge is 2.21. The largest absolute Gasteiger partial charge is 0.486 e. The number of ether oxygens (including phenoxy) is 2. The smallest absolute Gasteiger partial charge is 0.321 e. The van der Waals surface area contributed by atoms with Gasteiger partial charge in [-0.3, -0.25) is 19.5 Å². The number of hydrogen-bond acceptors (Lipinski definition) is 6. The molecule has 0 radical (unpaired) electrons. The first-order chi connectivity index (χ1) is 14.1. The number of aromatic nitrogens is 2. The van der Waals surface area contributed by atoms with Gasteiger partial charge in [0.1, 0.15) is 13.2 Å². The summed E-state index contributed by atoms with van der Waals surface area (Å²) in [5, 5.41) is 4.79. The predicted octanol–water partition coefficient (Wildman–Crippen LogP) is 1.06. The number of imide groups is 1. The van der Waals surface area contributed by atoms with Crippen molar-refractivity contribution in [3.63, 3.8) is 0 Å². The third-order valence-electron chi connectivity index (χ3n) is 4.37. The Morgan fingerprint density at radius 1 is 1.10 bits per heavy atom. The van der Waals surface area contributed by atoms with E-state index in [-0.39, 0.29) is 25.8 Å². The lowest BCUT2D eigenvalue weighted by Crippen LogP contribution is -2.47. The molecule has 148 valence electrons. The molecule has 0 saturated carbocycles. The fourth-order valence-electron chi connectivity index (χ4n) is 3.00. The zero-order chi connectivity index (χ0) is 20.2. The number of carbonyl (C=O) groups excluding carboxylic acids is 2. The molecule has 4 rings (SSSR count). The van der Waals surface area contributed by atoms with Crippen LogP contribution in [-0.2, 0) is 11.3 Å². The number of hydrogen-bond donors (Lipinski definition) is 2. The van der Waals surface area contributed by atoms with Crippen LogP contribution < -0.4 is 25.7 Å². The van der Waals surface area contributed by atoms with Gasteiger partial charge in [-0.1, -0.05) is 24.3 Å². The summed E-state index contributed by atoms with van der Waals surface area (Å²) in [7, 11) is 0. The van der Waals surface area contributed by atoms with Crippen molar-refractivity contribution in [3.05, 3.63) is 65.1 Å². The molecule has 0 spiro atoms. The van der Waals surface area contributed by atoms with Gasteiger partial charge in [-0.25, -0.2) is 9.78 Å². The van der Waals surface area contributed by atoms with Gasteiger partial charge >= 0.3 is 6.03 Å². The summed E-state index contributed by atoms with van der Waals surface area (Å²) in [6, 6.07) is 13.5. The van der Waals surface area contributed by atoms with Crippen molar-refractivity contribution >= 4 is 23.0 Å². The third kappa shape index (κ3) is 4.18. The highest BCUT2D eigenvalue weighted by molar-refractivity contribution is 5.94. The van der Waals surface area contributed by atoms with E-state index in [1.165, 1.54) is 4.57 Å². The molecule has 0 bridgehead atoms. The maximum Gasteiger partial charge on any atom is 0.321 e. The van der Waals surface area contributed by atoms with Gasteiger partial charge in [0.2, 0.25) is 5.91 Å². The molecule has 1 atom stereocenters. The Morgan fingerprint density at radius 3 is 2.72 bits per heavy atom. The molecule has 2 heterocycles. The molecule has 1 aliphatic rings. The third-order valence-corrected chi connectivity index (χ3v) is 4.37. The Hall–Kier alpha value is -3.88. The summed E-state index contributed by atoms with van der Waals surface area (Å²) >= 11 is 0. The van der Waals surface area contributed by atoms with E-state index in [1.807, 2.05) is 12.1 Å². The van der Waals surface area contributed by atoms with Crippen LogP contribution >= 0.6 is 0 Å². The number of para-hydroxylation sites is 4. The second-order valence-corrected chi connectivity index (χ2v) is 6.43. The lowest BCUT2D eigenvalue weighted by molar-refractivity contribution is -0.120. The summed E-state index contributed by atoms with van der Waals surface area (Å²) in [6.07, 6.45) is 0.769. The Bertz CT molecular complexity index is 1130. The van der Waals surface area contributed by atoms with E-state index in [0.29, 0.717) is 22.5 Å². The highest BCUT2D eigenvalue weighted by Crippen LogP contribution is 2.30. The summed E-state index contributed by atoms with van der Waals surface area (Å²) in [6.45, 7) is 0.140. The first-order valence-electron chi connectivity index (χ1n) is 9.01. The van der Waals surface area contributed by atoms with Gasteiger partial charge < -0.3 is 14.8 Å². The minimum absolute atomic E-state index is 0.158. The van der Waals surface area contributed by atoms with E-state index < -0.39 is 17.5 Å². The molecule has 3 amide bonds. The Balaban J connectivity index is 1.32. The van der Waals surface area contributed by atoms with E-state index >= 15 is 0 Å². The number of carbonyl (C=O) groups is 2. The second kappa shape index (κ2) is 8.01. The second-order valence-electron chi connectivity index (χ2n) is 6.43. The van der Waals surface area contributed by atoms with Crippen LogP contribution in [0.4, 0.5) is 4.79 Å². The zero-order valence-corrected chi connectivity index (χ0v) is 15.3. The van der Waals surface area contributed by atoms with Crippen molar-refractivity contribution in [3.8, 4) is 11.5 Å². The minimum Gasteiger partial charge on any atom is -0.486 e. The lowest BCUT2D eigenvalue weighted by Gasteiger charge is -2.26. The predicted molar refractivity (Wildman–Crippen MR) is 104 cm³/mol. The van der Waals surface area contributed by atoms with Crippen LogP contribution in [0.15, 0.2) is 59.5 Å². The first kappa shape index (κ1) is 18.5. The van der Waals surface area contributed by atoms with Crippen LogP contribution in [0.1, 0.15) is 0 Å². The fraction of sp³-hybridized carbons (Fsp3) is 0.200. The molecular formula is C20H18N4O5. The molecule has 0 saturated heterocycles. The quantitative estimate of drug-likeness (QED) is 0.685. The molecule has 29 heavy (non-hydrogen) atoms. The summed E-state index contributed by atoms with van der Waals surface area (Å²) in [4.78, 5) is 40.4. The van der Waals surface area contributed by atoms with Crippen LogP contribution in [0.2, 0.25) is 0 Å². The molecule has 1 unspecified atom stereocenters. The van der Waals surface area contributed by atoms with Crippen LogP contribution in [0.5, 0.6) is 11.5 Å². The van der Waals surface area contributed by atoms with Crippen molar-refractivity contribution in [1.29, 1.82) is 0 Å². The Labute approximate surface area is 165 Å². The van der Waals surface area contributed by atoms with Crippen molar-refractivity contribution in [1.82, 2.24) is 20.2 Å². The fourth-order valence-corrected chi connectivity index (χ4v) is 3.00. The molecule has 9 heteroatoms. The van der Waals surface area contributed by atoms with E-state index in [1.54, 1.807) is 36.4 Å². The van der Waals surface area contributed by atoms with Crippen molar-refractivity contribution in [2.45, 2.75) is 12.6 Å². The topological polar surface area (TPSA) is 112 Å². The van der Waals surface area contributed by atoms with E-state index in [0.717, 1.165) is 6.20 Å². The standard InChI is InChI=1S/C20H18N4O5/c25-18(11-24-15-6-2-1-5-14(15)21-10-19(24)26)23-20(27)22-9-13-12-28-16-7-3-4-8-17(16)29-13/h1-8,10,13H,9,11-12H2,(H2,22,23,25,27). The normalized spacial score (nSPS) is 15.0. The highest BCUT2D eigenvalue weighted by atomic mass is 16.6. The van der Waals surface area contributed by atoms with Crippen LogP contribution in [0, 0.1) is 0 Å². The van der Waals surface area contributed by atoms with E-state index in [4.69, 9.17) is 9.47 Å². The molecule has 0 aliphatic carbocycles. The number of benzene rings is 2. The Kier molecular flexibility index (Phi) is 5.10.